The number of benzene rings is 2. The van der Waals surface area contributed by atoms with Gasteiger partial charge < -0.3 is 5.32 Å². The number of aryl methyl sites for hydroxylation is 2. The average molecular weight is 438 g/mol. The van der Waals surface area contributed by atoms with Crippen LogP contribution in [0.4, 0.5) is 5.69 Å². The third-order valence-corrected chi connectivity index (χ3v) is 7.46. The molecule has 4 aromatic rings. The summed E-state index contributed by atoms with van der Waals surface area (Å²) in [6, 6.07) is 13.8. The summed E-state index contributed by atoms with van der Waals surface area (Å²) in [7, 11) is 0. The van der Waals surface area contributed by atoms with E-state index in [1.165, 1.54) is 23.1 Å². The number of anilines is 1. The molecule has 0 bridgehead atoms. The van der Waals surface area contributed by atoms with Gasteiger partial charge in [-0.2, -0.15) is 0 Å². The molecular formula is C23H23N3O2S2. The van der Waals surface area contributed by atoms with E-state index in [1.54, 1.807) is 4.57 Å². The van der Waals surface area contributed by atoms with Gasteiger partial charge >= 0.3 is 0 Å². The van der Waals surface area contributed by atoms with Gasteiger partial charge in [-0.25, -0.2) is 4.98 Å². The molecule has 4 rings (SSSR count). The Morgan fingerprint density at radius 1 is 1.20 bits per heavy atom. The number of aromatic nitrogens is 2. The maximum atomic E-state index is 13.0. The summed E-state index contributed by atoms with van der Waals surface area (Å²) in [4.78, 5) is 32.5. The minimum Gasteiger partial charge on any atom is -0.325 e. The van der Waals surface area contributed by atoms with Crippen molar-refractivity contribution in [2.75, 3.05) is 5.32 Å². The largest absolute Gasteiger partial charge is 0.325 e. The van der Waals surface area contributed by atoms with E-state index in [1.807, 2.05) is 70.2 Å². The number of amides is 1. The molecule has 0 radical (unpaired) electrons. The van der Waals surface area contributed by atoms with Crippen molar-refractivity contribution < 1.29 is 4.79 Å². The summed E-state index contributed by atoms with van der Waals surface area (Å²) >= 11 is 2.85. The molecule has 5 nitrogen and oxygen atoms in total. The van der Waals surface area contributed by atoms with Crippen LogP contribution in [0.5, 0.6) is 0 Å². The Labute approximate surface area is 183 Å². The van der Waals surface area contributed by atoms with Crippen molar-refractivity contribution in [3.63, 3.8) is 0 Å². The van der Waals surface area contributed by atoms with Crippen molar-refractivity contribution >= 4 is 55.7 Å². The van der Waals surface area contributed by atoms with Crippen LogP contribution in [0, 0.1) is 13.8 Å². The standard InChI is InChI=1S/C23H23N3O2S2/c1-5-26-22(28)19-13(2)14(3)29-21(19)25-23(26)30-15(4)20(27)24-18-12-8-10-16-9-6-7-11-17(16)18/h6-12,15H,5H2,1-4H3,(H,24,27). The van der Waals surface area contributed by atoms with Crippen LogP contribution < -0.4 is 10.9 Å². The van der Waals surface area contributed by atoms with Crippen molar-refractivity contribution in [2.45, 2.75) is 44.6 Å². The minimum absolute atomic E-state index is 0.0338. The monoisotopic (exact) mass is 437 g/mol. The van der Waals surface area contributed by atoms with E-state index in [0.717, 1.165) is 31.7 Å². The van der Waals surface area contributed by atoms with Crippen LogP contribution >= 0.6 is 23.1 Å². The Balaban J connectivity index is 1.63. The molecule has 0 saturated heterocycles. The Kier molecular flexibility index (Phi) is 5.66. The SMILES string of the molecule is CCn1c(SC(C)C(=O)Nc2cccc3ccccc23)nc2sc(C)c(C)c2c1=O. The van der Waals surface area contributed by atoms with Gasteiger partial charge in [-0.3, -0.25) is 14.2 Å². The molecule has 1 amide bonds. The van der Waals surface area contributed by atoms with Crippen LogP contribution in [0.3, 0.4) is 0 Å². The third kappa shape index (κ3) is 3.63. The number of hydrogen-bond acceptors (Lipinski definition) is 5. The highest BCUT2D eigenvalue weighted by Crippen LogP contribution is 2.30. The summed E-state index contributed by atoms with van der Waals surface area (Å²) in [5, 5.41) is 5.97. The van der Waals surface area contributed by atoms with Gasteiger partial charge in [0.05, 0.1) is 10.6 Å². The molecule has 2 aromatic heterocycles. The van der Waals surface area contributed by atoms with Crippen molar-refractivity contribution in [1.82, 2.24) is 9.55 Å². The first-order valence-corrected chi connectivity index (χ1v) is 11.6. The number of nitrogens with one attached hydrogen (secondary N) is 1. The highest BCUT2D eigenvalue weighted by atomic mass is 32.2. The first kappa shape index (κ1) is 20.6. The number of thioether (sulfide) groups is 1. The molecule has 7 heteroatoms. The number of hydrogen-bond donors (Lipinski definition) is 1. The highest BCUT2D eigenvalue weighted by molar-refractivity contribution is 8.00. The van der Waals surface area contributed by atoms with Gasteiger partial charge in [0.1, 0.15) is 4.83 Å². The zero-order valence-corrected chi connectivity index (χ0v) is 19.0. The summed E-state index contributed by atoms with van der Waals surface area (Å²) in [5.41, 5.74) is 1.74. The summed E-state index contributed by atoms with van der Waals surface area (Å²) in [6.45, 7) is 8.24. The topological polar surface area (TPSA) is 64.0 Å². The molecule has 0 saturated carbocycles. The van der Waals surface area contributed by atoms with Crippen molar-refractivity contribution in [2.24, 2.45) is 0 Å². The molecular weight excluding hydrogens is 414 g/mol. The van der Waals surface area contributed by atoms with Crippen molar-refractivity contribution in [1.29, 1.82) is 0 Å². The van der Waals surface area contributed by atoms with Crippen LogP contribution in [0.15, 0.2) is 52.4 Å². The molecule has 1 N–H and O–H groups in total. The number of fused-ring (bicyclic) bond motifs is 2. The molecule has 0 fully saturated rings. The van der Waals surface area contributed by atoms with E-state index < -0.39 is 5.25 Å². The van der Waals surface area contributed by atoms with Gasteiger partial charge in [0.15, 0.2) is 5.16 Å². The molecule has 0 aliphatic heterocycles. The van der Waals surface area contributed by atoms with Gasteiger partial charge in [0.25, 0.3) is 5.56 Å². The Morgan fingerprint density at radius 2 is 1.93 bits per heavy atom. The molecule has 1 unspecified atom stereocenters. The van der Waals surface area contributed by atoms with Gasteiger partial charge in [-0.1, -0.05) is 48.2 Å². The number of rotatable bonds is 5. The lowest BCUT2D eigenvalue weighted by Crippen LogP contribution is -2.26. The maximum absolute atomic E-state index is 13.0. The Bertz CT molecular complexity index is 1320. The normalized spacial score (nSPS) is 12.4. The van der Waals surface area contributed by atoms with Crippen molar-refractivity contribution in [3.05, 3.63) is 63.3 Å². The fraction of sp³-hybridized carbons (Fsp3) is 0.261. The predicted octanol–water partition coefficient (Wildman–Crippen LogP) is 5.37. The lowest BCUT2D eigenvalue weighted by Gasteiger charge is -2.15. The molecule has 30 heavy (non-hydrogen) atoms. The molecule has 2 aromatic carbocycles. The van der Waals surface area contributed by atoms with Crippen molar-refractivity contribution in [3.8, 4) is 0 Å². The van der Waals surface area contributed by atoms with Crippen LogP contribution in [-0.4, -0.2) is 20.7 Å². The first-order valence-electron chi connectivity index (χ1n) is 9.86. The quantitative estimate of drug-likeness (QED) is 0.337. The minimum atomic E-state index is -0.409. The van der Waals surface area contributed by atoms with E-state index in [4.69, 9.17) is 4.98 Å². The fourth-order valence-electron chi connectivity index (χ4n) is 3.46. The molecule has 0 spiro atoms. The Hall–Kier alpha value is -2.64. The number of carbonyl (C=O) groups is 1. The van der Waals surface area contributed by atoms with E-state index >= 15 is 0 Å². The fourth-order valence-corrected chi connectivity index (χ4v) is 5.50. The van der Waals surface area contributed by atoms with Gasteiger partial charge in [0.2, 0.25) is 5.91 Å². The van der Waals surface area contributed by atoms with E-state index in [2.05, 4.69) is 5.32 Å². The predicted molar refractivity (Wildman–Crippen MR) is 127 cm³/mol. The highest BCUT2D eigenvalue weighted by Gasteiger charge is 2.21. The zero-order chi connectivity index (χ0) is 21.4. The van der Waals surface area contributed by atoms with Crippen LogP contribution in [0.2, 0.25) is 0 Å². The van der Waals surface area contributed by atoms with E-state index in [-0.39, 0.29) is 11.5 Å². The zero-order valence-electron chi connectivity index (χ0n) is 17.4. The van der Waals surface area contributed by atoms with Crippen LogP contribution in [0.25, 0.3) is 21.0 Å². The molecule has 0 aliphatic carbocycles. The van der Waals surface area contributed by atoms with E-state index in [0.29, 0.717) is 17.1 Å². The summed E-state index contributed by atoms with van der Waals surface area (Å²) < 4.78 is 1.66. The molecule has 2 heterocycles. The van der Waals surface area contributed by atoms with Crippen LogP contribution in [-0.2, 0) is 11.3 Å². The maximum Gasteiger partial charge on any atom is 0.263 e. The molecule has 0 aliphatic rings. The number of nitrogens with zero attached hydrogens (tertiary/aromatic N) is 2. The average Bonchev–Trinajstić information content (AvgIpc) is 3.02. The lowest BCUT2D eigenvalue weighted by molar-refractivity contribution is -0.115. The van der Waals surface area contributed by atoms with E-state index in [9.17, 15) is 9.59 Å². The first-order chi connectivity index (χ1) is 14.4. The van der Waals surface area contributed by atoms with Gasteiger partial charge in [-0.15, -0.1) is 11.3 Å². The van der Waals surface area contributed by atoms with Gasteiger partial charge in [0, 0.05) is 22.5 Å². The summed E-state index contributed by atoms with van der Waals surface area (Å²) in [6.07, 6.45) is 0. The lowest BCUT2D eigenvalue weighted by atomic mass is 10.1. The number of carbonyl (C=O) groups excluding carboxylic acids is 1. The number of thiophene rings is 1. The second kappa shape index (κ2) is 8.24. The van der Waals surface area contributed by atoms with Gasteiger partial charge in [-0.05, 0) is 44.7 Å². The summed E-state index contributed by atoms with van der Waals surface area (Å²) in [5.74, 6) is -0.119. The smallest absolute Gasteiger partial charge is 0.263 e. The molecule has 1 atom stereocenters. The second-order valence-electron chi connectivity index (χ2n) is 7.18. The second-order valence-corrected chi connectivity index (χ2v) is 9.69. The molecule has 154 valence electrons. The Morgan fingerprint density at radius 3 is 2.70 bits per heavy atom. The van der Waals surface area contributed by atoms with Crippen LogP contribution in [0.1, 0.15) is 24.3 Å². The third-order valence-electron chi connectivity index (χ3n) is 5.27.